The van der Waals surface area contributed by atoms with Gasteiger partial charge < -0.3 is 15.1 Å². The average Bonchev–Trinajstić information content (AvgIpc) is 2.54. The van der Waals surface area contributed by atoms with Gasteiger partial charge in [-0.05, 0) is 7.05 Å². The minimum atomic E-state index is 0.541. The Labute approximate surface area is 75.0 Å². The van der Waals surface area contributed by atoms with Gasteiger partial charge in [-0.3, -0.25) is 0 Å². The first-order valence-electron chi connectivity index (χ1n) is 4.73. The zero-order chi connectivity index (χ0) is 8.97. The number of likely N-dealkylation sites (N-methyl/N-ethyl adjacent to an activating group) is 1. The molecule has 1 atom stereocenters. The molecule has 2 heterocycles. The molecule has 70 valence electrons. The lowest BCUT2D eigenvalue weighted by atomic mass is 10.3. The van der Waals surface area contributed by atoms with E-state index in [1.807, 2.05) is 20.0 Å². The number of fused-ring (bicyclic) bond motifs is 1. The Morgan fingerprint density at radius 2 is 2.08 bits per heavy atom. The van der Waals surface area contributed by atoms with Crippen LogP contribution in [0.15, 0.2) is 12.4 Å². The lowest BCUT2D eigenvalue weighted by molar-refractivity contribution is 0.134. The molecule has 0 amide bonds. The summed E-state index contributed by atoms with van der Waals surface area (Å²) in [6.45, 7) is 7.47. The molecule has 2 aliphatic rings. The van der Waals surface area contributed by atoms with Gasteiger partial charge in [0.25, 0.3) is 0 Å². The van der Waals surface area contributed by atoms with Crippen molar-refractivity contribution >= 4 is 0 Å². The fourth-order valence-corrected chi connectivity index (χ4v) is 1.51. The minimum Gasteiger partial charge on any atom is -0.369 e. The molecule has 1 fully saturated rings. The second kappa shape index (κ2) is 4.36. The van der Waals surface area contributed by atoms with Crippen molar-refractivity contribution in [3.05, 3.63) is 12.4 Å². The Morgan fingerprint density at radius 1 is 1.33 bits per heavy atom. The van der Waals surface area contributed by atoms with Crippen LogP contribution in [0, 0.1) is 0 Å². The van der Waals surface area contributed by atoms with Crippen LogP contribution in [0.2, 0.25) is 0 Å². The van der Waals surface area contributed by atoms with E-state index in [1.54, 1.807) is 0 Å². The first-order valence-corrected chi connectivity index (χ1v) is 4.73. The van der Waals surface area contributed by atoms with Crippen LogP contribution in [0.5, 0.6) is 0 Å². The van der Waals surface area contributed by atoms with Crippen molar-refractivity contribution in [1.29, 1.82) is 0 Å². The lowest BCUT2D eigenvalue weighted by Crippen LogP contribution is -2.51. The maximum Gasteiger partial charge on any atom is 0.111 e. The molecule has 0 aliphatic carbocycles. The monoisotopic (exact) mass is 169 g/mol. The molecule has 0 radical (unpaired) electrons. The zero-order valence-electron chi connectivity index (χ0n) is 8.25. The summed E-state index contributed by atoms with van der Waals surface area (Å²) < 4.78 is 0. The molecule has 2 aliphatic heterocycles. The first kappa shape index (κ1) is 9.39. The van der Waals surface area contributed by atoms with Gasteiger partial charge in [-0.15, -0.1) is 0 Å². The molecule has 2 rings (SSSR count). The standard InChI is InChI=1S/C7H13N3.C2H6/c1-9-4-5-10-3-2-8-7(10)6-9;1-2/h2-3,7-8H,4-6H2,1H3;1-2H3. The number of hydrogen-bond acceptors (Lipinski definition) is 3. The minimum absolute atomic E-state index is 0.541. The Hall–Kier alpha value is -0.700. The van der Waals surface area contributed by atoms with E-state index in [1.165, 1.54) is 6.54 Å². The topological polar surface area (TPSA) is 18.5 Å². The highest BCUT2D eigenvalue weighted by Gasteiger charge is 2.23. The van der Waals surface area contributed by atoms with Crippen LogP contribution < -0.4 is 5.32 Å². The fourth-order valence-electron chi connectivity index (χ4n) is 1.51. The van der Waals surface area contributed by atoms with Gasteiger partial charge >= 0.3 is 0 Å². The molecule has 0 aromatic rings. The summed E-state index contributed by atoms with van der Waals surface area (Å²) in [5, 5.41) is 3.29. The molecule has 3 nitrogen and oxygen atoms in total. The van der Waals surface area contributed by atoms with E-state index in [4.69, 9.17) is 0 Å². The summed E-state index contributed by atoms with van der Waals surface area (Å²) in [6, 6.07) is 0. The van der Waals surface area contributed by atoms with Crippen LogP contribution in [0.25, 0.3) is 0 Å². The van der Waals surface area contributed by atoms with Gasteiger partial charge in [0, 0.05) is 32.0 Å². The second-order valence-electron chi connectivity index (χ2n) is 3.00. The highest BCUT2D eigenvalue weighted by Crippen LogP contribution is 2.09. The Kier molecular flexibility index (Phi) is 3.41. The van der Waals surface area contributed by atoms with E-state index in [2.05, 4.69) is 28.4 Å². The molecular weight excluding hydrogens is 150 g/mol. The number of nitrogens with zero attached hydrogens (tertiary/aromatic N) is 2. The summed E-state index contributed by atoms with van der Waals surface area (Å²) in [5.74, 6) is 0. The van der Waals surface area contributed by atoms with Crippen LogP contribution in [-0.4, -0.2) is 42.6 Å². The van der Waals surface area contributed by atoms with Crippen molar-refractivity contribution in [1.82, 2.24) is 15.1 Å². The number of nitrogens with one attached hydrogen (secondary N) is 1. The molecule has 0 bridgehead atoms. The predicted molar refractivity (Wildman–Crippen MR) is 51.6 cm³/mol. The van der Waals surface area contributed by atoms with E-state index in [9.17, 15) is 0 Å². The van der Waals surface area contributed by atoms with Crippen molar-refractivity contribution in [3.8, 4) is 0 Å². The van der Waals surface area contributed by atoms with Crippen molar-refractivity contribution < 1.29 is 0 Å². The summed E-state index contributed by atoms with van der Waals surface area (Å²) in [5.41, 5.74) is 0. The highest BCUT2D eigenvalue weighted by atomic mass is 15.4. The van der Waals surface area contributed by atoms with Crippen molar-refractivity contribution in [2.24, 2.45) is 0 Å². The molecular formula is C9H19N3. The maximum absolute atomic E-state index is 3.29. The largest absolute Gasteiger partial charge is 0.369 e. The van der Waals surface area contributed by atoms with Gasteiger partial charge in [-0.2, -0.15) is 0 Å². The van der Waals surface area contributed by atoms with E-state index in [0.717, 1.165) is 13.1 Å². The van der Waals surface area contributed by atoms with Crippen LogP contribution in [0.3, 0.4) is 0 Å². The second-order valence-corrected chi connectivity index (χ2v) is 3.00. The molecule has 1 unspecified atom stereocenters. The molecule has 0 aromatic heterocycles. The Balaban J connectivity index is 0.000000336. The molecule has 3 heteroatoms. The van der Waals surface area contributed by atoms with Gasteiger partial charge in [0.2, 0.25) is 0 Å². The Bertz CT molecular complexity index is 156. The van der Waals surface area contributed by atoms with Crippen LogP contribution in [0.1, 0.15) is 13.8 Å². The molecule has 12 heavy (non-hydrogen) atoms. The van der Waals surface area contributed by atoms with Crippen molar-refractivity contribution in [2.45, 2.75) is 20.0 Å². The van der Waals surface area contributed by atoms with Gasteiger partial charge in [0.15, 0.2) is 0 Å². The summed E-state index contributed by atoms with van der Waals surface area (Å²) in [7, 11) is 2.16. The first-order chi connectivity index (χ1) is 5.86. The molecule has 1 saturated heterocycles. The van der Waals surface area contributed by atoms with E-state index in [0.29, 0.717) is 6.17 Å². The number of rotatable bonds is 0. The quantitative estimate of drug-likeness (QED) is 0.575. The van der Waals surface area contributed by atoms with Crippen LogP contribution in [0.4, 0.5) is 0 Å². The fraction of sp³-hybridized carbons (Fsp3) is 0.778. The number of hydrogen-bond donors (Lipinski definition) is 1. The van der Waals surface area contributed by atoms with Crippen LogP contribution in [-0.2, 0) is 0 Å². The van der Waals surface area contributed by atoms with E-state index in [-0.39, 0.29) is 0 Å². The lowest BCUT2D eigenvalue weighted by Gasteiger charge is -2.35. The van der Waals surface area contributed by atoms with Crippen LogP contribution >= 0.6 is 0 Å². The third-order valence-corrected chi connectivity index (χ3v) is 2.18. The van der Waals surface area contributed by atoms with Crippen molar-refractivity contribution in [3.63, 3.8) is 0 Å². The third-order valence-electron chi connectivity index (χ3n) is 2.18. The smallest absolute Gasteiger partial charge is 0.111 e. The highest BCUT2D eigenvalue weighted by molar-refractivity contribution is 4.97. The SMILES string of the molecule is CC.CN1CCN2C=CNC2C1. The molecule has 0 aromatic carbocycles. The normalized spacial score (nSPS) is 27.2. The maximum atomic E-state index is 3.29. The third kappa shape index (κ3) is 1.91. The van der Waals surface area contributed by atoms with E-state index >= 15 is 0 Å². The molecule has 1 N–H and O–H groups in total. The summed E-state index contributed by atoms with van der Waals surface area (Å²) in [6.07, 6.45) is 4.71. The summed E-state index contributed by atoms with van der Waals surface area (Å²) in [4.78, 5) is 4.70. The van der Waals surface area contributed by atoms with Gasteiger partial charge in [-0.25, -0.2) is 0 Å². The van der Waals surface area contributed by atoms with Gasteiger partial charge in [0.05, 0.1) is 0 Å². The zero-order valence-corrected chi connectivity index (χ0v) is 8.25. The predicted octanol–water partition coefficient (Wildman–Crippen LogP) is 0.661. The molecule has 0 saturated carbocycles. The van der Waals surface area contributed by atoms with Gasteiger partial charge in [-0.1, -0.05) is 13.8 Å². The number of piperazine rings is 1. The van der Waals surface area contributed by atoms with E-state index < -0.39 is 0 Å². The Morgan fingerprint density at radius 3 is 2.83 bits per heavy atom. The molecule has 0 spiro atoms. The average molecular weight is 169 g/mol. The van der Waals surface area contributed by atoms with Crippen molar-refractivity contribution in [2.75, 3.05) is 26.7 Å². The summed E-state index contributed by atoms with van der Waals surface area (Å²) >= 11 is 0. The van der Waals surface area contributed by atoms with Gasteiger partial charge in [0.1, 0.15) is 6.17 Å².